The molecule has 39 heavy (non-hydrogen) atoms. The molecule has 0 radical (unpaired) electrons. The van der Waals surface area contributed by atoms with Crippen molar-refractivity contribution >= 4 is 23.5 Å². The van der Waals surface area contributed by atoms with Gasteiger partial charge in [-0.15, -0.1) is 0 Å². The van der Waals surface area contributed by atoms with Crippen LogP contribution in [0.1, 0.15) is 39.7 Å². The lowest BCUT2D eigenvalue weighted by Crippen LogP contribution is -2.49. The maximum Gasteiger partial charge on any atom is 0.317 e. The number of ether oxygens (including phenoxy) is 2. The number of rotatable bonds is 9. The van der Waals surface area contributed by atoms with Crippen molar-refractivity contribution in [1.29, 1.82) is 0 Å². The lowest BCUT2D eigenvalue weighted by Gasteiger charge is -2.34. The third kappa shape index (κ3) is 9.08. The molecular formula is C28H45N5O6. The van der Waals surface area contributed by atoms with Crippen molar-refractivity contribution in [1.82, 2.24) is 20.0 Å². The minimum absolute atomic E-state index is 0.000527. The quantitative estimate of drug-likeness (QED) is 0.429. The van der Waals surface area contributed by atoms with Gasteiger partial charge in [-0.1, -0.05) is 6.92 Å². The first kappa shape index (κ1) is 30.6. The van der Waals surface area contributed by atoms with E-state index in [-0.39, 0.29) is 48.9 Å². The summed E-state index contributed by atoms with van der Waals surface area (Å²) in [7, 11) is 1.72. The van der Waals surface area contributed by atoms with Crippen molar-refractivity contribution in [3.8, 4) is 5.75 Å². The molecule has 0 saturated carbocycles. The Balaban J connectivity index is 1.79. The molecule has 0 bridgehead atoms. The predicted molar refractivity (Wildman–Crippen MR) is 149 cm³/mol. The summed E-state index contributed by atoms with van der Waals surface area (Å²) < 4.78 is 11.8. The second-order valence-corrected chi connectivity index (χ2v) is 10.9. The van der Waals surface area contributed by atoms with Crippen LogP contribution < -0.4 is 15.4 Å². The number of amides is 4. The van der Waals surface area contributed by atoms with Gasteiger partial charge in [0.15, 0.2) is 0 Å². The maximum absolute atomic E-state index is 13.4. The molecule has 3 N–H and O–H groups in total. The van der Waals surface area contributed by atoms with Crippen molar-refractivity contribution in [2.75, 3.05) is 64.9 Å². The van der Waals surface area contributed by atoms with Gasteiger partial charge in [-0.3, -0.25) is 14.5 Å². The average Bonchev–Trinajstić information content (AvgIpc) is 2.94. The molecule has 11 heteroatoms. The van der Waals surface area contributed by atoms with Crippen LogP contribution in [-0.4, -0.2) is 115 Å². The van der Waals surface area contributed by atoms with E-state index in [4.69, 9.17) is 9.47 Å². The number of hydrogen-bond acceptors (Lipinski definition) is 7. The third-order valence-corrected chi connectivity index (χ3v) is 7.17. The molecule has 0 spiro atoms. The van der Waals surface area contributed by atoms with Crippen LogP contribution in [0.15, 0.2) is 18.2 Å². The molecular weight excluding hydrogens is 502 g/mol. The number of urea groups is 1. The van der Waals surface area contributed by atoms with E-state index < -0.39 is 6.10 Å². The number of aliphatic hydroxyl groups is 1. The van der Waals surface area contributed by atoms with Gasteiger partial charge in [-0.25, -0.2) is 4.79 Å². The van der Waals surface area contributed by atoms with Gasteiger partial charge in [-0.2, -0.15) is 0 Å². The number of hydrogen-bond donors (Lipinski definition) is 3. The Morgan fingerprint density at radius 2 is 1.92 bits per heavy atom. The van der Waals surface area contributed by atoms with Gasteiger partial charge in [-0.05, 0) is 39.0 Å². The van der Waals surface area contributed by atoms with E-state index in [0.29, 0.717) is 56.3 Å². The topological polar surface area (TPSA) is 124 Å². The summed E-state index contributed by atoms with van der Waals surface area (Å²) in [4.78, 5) is 44.1. The molecule has 2 heterocycles. The van der Waals surface area contributed by atoms with Gasteiger partial charge < -0.3 is 35.0 Å². The molecule has 4 amide bonds. The highest BCUT2D eigenvalue weighted by Gasteiger charge is 2.32. The van der Waals surface area contributed by atoms with Gasteiger partial charge in [0.2, 0.25) is 11.8 Å². The number of carbonyl (C=O) groups is 3. The van der Waals surface area contributed by atoms with E-state index in [2.05, 4.69) is 15.5 Å². The number of carbonyl (C=O) groups excluding carboxylic acids is 3. The predicted octanol–water partition coefficient (Wildman–Crippen LogP) is 1.55. The first-order valence-electron chi connectivity index (χ1n) is 13.9. The van der Waals surface area contributed by atoms with E-state index >= 15 is 0 Å². The number of nitrogens with zero attached hydrogens (tertiary/aromatic N) is 3. The highest BCUT2D eigenvalue weighted by atomic mass is 16.5. The maximum atomic E-state index is 13.4. The first-order valence-corrected chi connectivity index (χ1v) is 13.9. The van der Waals surface area contributed by atoms with Crippen LogP contribution in [0, 0.1) is 5.92 Å². The Hall–Kier alpha value is -2.89. The zero-order valence-electron chi connectivity index (χ0n) is 23.9. The summed E-state index contributed by atoms with van der Waals surface area (Å²) in [5.74, 6) is 0.192. The molecule has 1 aromatic carbocycles. The van der Waals surface area contributed by atoms with Crippen LogP contribution in [0.3, 0.4) is 0 Å². The van der Waals surface area contributed by atoms with Crippen molar-refractivity contribution in [2.45, 2.75) is 58.7 Å². The Labute approximate surface area is 231 Å². The fourth-order valence-corrected chi connectivity index (χ4v) is 4.74. The van der Waals surface area contributed by atoms with Crippen molar-refractivity contribution in [2.24, 2.45) is 5.92 Å². The summed E-state index contributed by atoms with van der Waals surface area (Å²) in [6.45, 7) is 11.8. The van der Waals surface area contributed by atoms with Crippen LogP contribution >= 0.6 is 0 Å². The minimum Gasteiger partial charge on any atom is -0.488 e. The Kier molecular flexibility index (Phi) is 11.4. The van der Waals surface area contributed by atoms with Gasteiger partial charge >= 0.3 is 6.03 Å². The molecule has 3 atom stereocenters. The smallest absolute Gasteiger partial charge is 0.317 e. The van der Waals surface area contributed by atoms with Crippen LogP contribution in [0.5, 0.6) is 5.75 Å². The monoisotopic (exact) mass is 547 g/mol. The molecule has 0 aromatic heterocycles. The fraction of sp³-hybridized carbons (Fsp3) is 0.679. The van der Waals surface area contributed by atoms with E-state index in [9.17, 15) is 19.5 Å². The number of likely N-dealkylation sites (N-methyl/N-ethyl adjacent to an activating group) is 1. The van der Waals surface area contributed by atoms with Gasteiger partial charge in [0.25, 0.3) is 0 Å². The Morgan fingerprint density at radius 1 is 1.21 bits per heavy atom. The van der Waals surface area contributed by atoms with Crippen molar-refractivity contribution in [3.63, 3.8) is 0 Å². The molecule has 1 fully saturated rings. The Morgan fingerprint density at radius 3 is 2.59 bits per heavy atom. The average molecular weight is 548 g/mol. The van der Waals surface area contributed by atoms with Crippen LogP contribution in [0.2, 0.25) is 0 Å². The third-order valence-electron chi connectivity index (χ3n) is 7.17. The van der Waals surface area contributed by atoms with E-state index in [1.807, 2.05) is 27.7 Å². The summed E-state index contributed by atoms with van der Waals surface area (Å²) in [6.07, 6.45) is 0.0267. The summed E-state index contributed by atoms with van der Waals surface area (Å²) >= 11 is 0. The lowest BCUT2D eigenvalue weighted by atomic mass is 10.0. The number of aliphatic hydroxyl groups excluding tert-OH is 1. The zero-order valence-corrected chi connectivity index (χ0v) is 23.9. The van der Waals surface area contributed by atoms with Crippen LogP contribution in [-0.2, 0) is 20.7 Å². The second kappa shape index (κ2) is 14.5. The number of anilines is 1. The zero-order chi connectivity index (χ0) is 28.5. The Bertz CT molecular complexity index is 983. The highest BCUT2D eigenvalue weighted by Crippen LogP contribution is 2.29. The van der Waals surface area contributed by atoms with Gasteiger partial charge in [0, 0.05) is 62.9 Å². The van der Waals surface area contributed by atoms with Gasteiger partial charge in [0.1, 0.15) is 11.9 Å². The second-order valence-electron chi connectivity index (χ2n) is 10.9. The molecule has 2 aliphatic heterocycles. The normalized spacial score (nSPS) is 21.2. The summed E-state index contributed by atoms with van der Waals surface area (Å²) in [5.41, 5.74) is 1.24. The number of nitrogens with one attached hydrogen (secondary N) is 2. The number of fused-ring (bicyclic) bond motifs is 1. The molecule has 2 aliphatic rings. The van der Waals surface area contributed by atoms with Crippen LogP contribution in [0.4, 0.5) is 10.5 Å². The molecule has 218 valence electrons. The van der Waals surface area contributed by atoms with Crippen LogP contribution in [0.25, 0.3) is 0 Å². The molecule has 1 aromatic rings. The largest absolute Gasteiger partial charge is 0.488 e. The molecule has 0 aliphatic carbocycles. The summed E-state index contributed by atoms with van der Waals surface area (Å²) in [6, 6.07) is 4.77. The first-order chi connectivity index (χ1) is 18.6. The van der Waals surface area contributed by atoms with E-state index in [0.717, 1.165) is 13.1 Å². The molecule has 3 rings (SSSR count). The van der Waals surface area contributed by atoms with Crippen molar-refractivity contribution < 1.29 is 29.0 Å². The lowest BCUT2D eigenvalue weighted by molar-refractivity contribution is -0.134. The number of benzene rings is 1. The standard InChI is InChI=1S/C28H45N5O6/c1-19(2)29-28(37)31(5)17-25-20(3)16-33(21(4)18-34)27(36)15-22-14-23(6-7-24(22)39-25)30-26(35)8-9-32-10-12-38-13-11-32/h6-7,14,19-21,25,34H,8-13,15-18H2,1-5H3,(H,29,37)(H,30,35)/t20-,21+,25+/m1/s1. The fourth-order valence-electron chi connectivity index (χ4n) is 4.74. The number of morpholine rings is 1. The summed E-state index contributed by atoms with van der Waals surface area (Å²) in [5, 5.41) is 15.7. The molecule has 0 unspecified atom stereocenters. The highest BCUT2D eigenvalue weighted by molar-refractivity contribution is 5.91. The van der Waals surface area contributed by atoms with Gasteiger partial charge in [0.05, 0.1) is 38.8 Å². The molecule has 1 saturated heterocycles. The van der Waals surface area contributed by atoms with E-state index in [1.165, 1.54) is 0 Å². The minimum atomic E-state index is -0.403. The van der Waals surface area contributed by atoms with Crippen molar-refractivity contribution in [3.05, 3.63) is 23.8 Å². The SMILES string of the molecule is CC(C)NC(=O)N(C)C[C@@H]1Oc2ccc(NC(=O)CCN3CCOCC3)cc2CC(=O)N([C@@H](C)CO)C[C@H]1C. The van der Waals surface area contributed by atoms with E-state index in [1.54, 1.807) is 35.0 Å². The molecule has 11 nitrogen and oxygen atoms in total.